The number of nitrogens with zero attached hydrogens (tertiary/aromatic N) is 2. The second kappa shape index (κ2) is 21.2. The number of likely N-dealkylation sites (N-methyl/N-ethyl adjacent to an activating group) is 1. The van der Waals surface area contributed by atoms with Crippen LogP contribution in [0.5, 0.6) is 0 Å². The standard InChI is InChI=1S/C5H13NO.C5H11N.2C2H6/c1-6(2)4-5-7-3;1-6-4-2-3-5-6;2*1-2/h4-5H2,1-3H3;2-5H2,1H3;2*1-2H3. The van der Waals surface area contributed by atoms with Gasteiger partial charge in [0.15, 0.2) is 0 Å². The van der Waals surface area contributed by atoms with Crippen molar-refractivity contribution in [2.24, 2.45) is 0 Å². The highest BCUT2D eigenvalue weighted by Crippen LogP contribution is 2.02. The molecule has 0 aromatic heterocycles. The highest BCUT2D eigenvalue weighted by Gasteiger charge is 2.03. The third-order valence-corrected chi connectivity index (χ3v) is 2.07. The van der Waals surface area contributed by atoms with Crippen molar-refractivity contribution in [3.8, 4) is 0 Å². The van der Waals surface area contributed by atoms with Crippen molar-refractivity contribution in [2.45, 2.75) is 40.5 Å². The lowest BCUT2D eigenvalue weighted by molar-refractivity contribution is 0.172. The molecular weight excluding hydrogens is 212 g/mol. The maximum absolute atomic E-state index is 4.81. The molecule has 0 aliphatic carbocycles. The van der Waals surface area contributed by atoms with Crippen molar-refractivity contribution >= 4 is 0 Å². The molecule has 1 fully saturated rings. The van der Waals surface area contributed by atoms with E-state index in [0.717, 1.165) is 13.2 Å². The summed E-state index contributed by atoms with van der Waals surface area (Å²) in [6, 6.07) is 0. The zero-order valence-electron chi connectivity index (χ0n) is 13.5. The molecule has 1 aliphatic heterocycles. The first kappa shape index (κ1) is 22.1. The van der Waals surface area contributed by atoms with Gasteiger partial charge in [-0.15, -0.1) is 0 Å². The van der Waals surface area contributed by atoms with Crippen molar-refractivity contribution in [3.63, 3.8) is 0 Å². The van der Waals surface area contributed by atoms with E-state index in [2.05, 4.69) is 16.8 Å². The van der Waals surface area contributed by atoms with Crippen LogP contribution in [0.1, 0.15) is 40.5 Å². The van der Waals surface area contributed by atoms with Crippen LogP contribution in [0, 0.1) is 0 Å². The average Bonchev–Trinajstić information content (AvgIpc) is 2.83. The third kappa shape index (κ3) is 25.8. The SMILES string of the molecule is CC.CC.CN1CCCC1.COCCN(C)C. The van der Waals surface area contributed by atoms with Crippen molar-refractivity contribution in [1.82, 2.24) is 9.80 Å². The summed E-state index contributed by atoms with van der Waals surface area (Å²) in [7, 11) is 7.94. The minimum atomic E-state index is 0.826. The summed E-state index contributed by atoms with van der Waals surface area (Å²) in [5, 5.41) is 0. The Hall–Kier alpha value is -0.120. The Balaban J connectivity index is -0.000000179. The van der Waals surface area contributed by atoms with Crippen LogP contribution in [-0.4, -0.2) is 64.3 Å². The Morgan fingerprint density at radius 1 is 1.00 bits per heavy atom. The molecule has 0 aromatic rings. The zero-order valence-corrected chi connectivity index (χ0v) is 13.5. The van der Waals surface area contributed by atoms with Gasteiger partial charge in [-0.25, -0.2) is 0 Å². The fourth-order valence-corrected chi connectivity index (χ4v) is 1.15. The van der Waals surface area contributed by atoms with Gasteiger partial charge in [-0.05, 0) is 47.1 Å². The molecule has 0 aromatic carbocycles. The molecule has 0 N–H and O–H groups in total. The van der Waals surface area contributed by atoms with Crippen LogP contribution in [0.4, 0.5) is 0 Å². The molecule has 0 unspecified atom stereocenters. The van der Waals surface area contributed by atoms with Gasteiger partial charge in [0.2, 0.25) is 0 Å². The van der Waals surface area contributed by atoms with E-state index in [9.17, 15) is 0 Å². The van der Waals surface area contributed by atoms with Gasteiger partial charge in [0.1, 0.15) is 0 Å². The van der Waals surface area contributed by atoms with E-state index in [0.29, 0.717) is 0 Å². The van der Waals surface area contributed by atoms with Crippen LogP contribution in [0.2, 0.25) is 0 Å². The summed E-state index contributed by atoms with van der Waals surface area (Å²) in [6.07, 6.45) is 2.83. The van der Waals surface area contributed by atoms with E-state index in [1.165, 1.54) is 25.9 Å². The van der Waals surface area contributed by atoms with E-state index in [1.807, 2.05) is 41.8 Å². The van der Waals surface area contributed by atoms with Crippen LogP contribution in [0.15, 0.2) is 0 Å². The molecule has 1 aliphatic rings. The molecule has 0 spiro atoms. The van der Waals surface area contributed by atoms with Gasteiger partial charge in [0.25, 0.3) is 0 Å². The quantitative estimate of drug-likeness (QED) is 0.764. The first-order chi connectivity index (χ1) is 8.16. The summed E-state index contributed by atoms with van der Waals surface area (Å²) in [5.74, 6) is 0. The summed E-state index contributed by atoms with van der Waals surface area (Å²) < 4.78 is 4.81. The maximum atomic E-state index is 4.81. The van der Waals surface area contributed by atoms with Gasteiger partial charge in [-0.2, -0.15) is 0 Å². The predicted molar refractivity (Wildman–Crippen MR) is 79.9 cm³/mol. The third-order valence-electron chi connectivity index (χ3n) is 2.07. The summed E-state index contributed by atoms with van der Waals surface area (Å²) >= 11 is 0. The molecule has 0 atom stereocenters. The minimum Gasteiger partial charge on any atom is -0.383 e. The van der Waals surface area contributed by atoms with E-state index in [4.69, 9.17) is 4.74 Å². The van der Waals surface area contributed by atoms with Crippen molar-refractivity contribution in [2.75, 3.05) is 54.5 Å². The largest absolute Gasteiger partial charge is 0.383 e. The molecule has 17 heavy (non-hydrogen) atoms. The van der Waals surface area contributed by atoms with Crippen LogP contribution in [-0.2, 0) is 4.74 Å². The Kier molecular flexibility index (Phi) is 27.5. The van der Waals surface area contributed by atoms with Crippen LogP contribution in [0.25, 0.3) is 0 Å². The molecule has 3 nitrogen and oxygen atoms in total. The van der Waals surface area contributed by atoms with Crippen LogP contribution < -0.4 is 0 Å². The van der Waals surface area contributed by atoms with E-state index >= 15 is 0 Å². The lowest BCUT2D eigenvalue weighted by atomic mass is 10.4. The average molecular weight is 248 g/mol. The lowest BCUT2D eigenvalue weighted by Crippen LogP contribution is -2.16. The number of ether oxygens (including phenoxy) is 1. The first-order valence-corrected chi connectivity index (χ1v) is 6.99. The summed E-state index contributed by atoms with van der Waals surface area (Å²) in [4.78, 5) is 4.45. The molecule has 0 radical (unpaired) electrons. The lowest BCUT2D eigenvalue weighted by Gasteiger charge is -2.06. The van der Waals surface area contributed by atoms with Crippen molar-refractivity contribution < 1.29 is 4.74 Å². The van der Waals surface area contributed by atoms with Gasteiger partial charge in [-0.3, -0.25) is 0 Å². The highest BCUT2D eigenvalue weighted by molar-refractivity contribution is 4.59. The molecule has 0 amide bonds. The van der Waals surface area contributed by atoms with E-state index < -0.39 is 0 Å². The molecule has 1 saturated heterocycles. The number of hydrogen-bond acceptors (Lipinski definition) is 3. The summed E-state index contributed by atoms with van der Waals surface area (Å²) in [5.41, 5.74) is 0. The monoisotopic (exact) mass is 248 g/mol. The predicted octanol–water partition coefficient (Wildman–Crippen LogP) is 2.96. The summed E-state index contributed by atoms with van der Waals surface area (Å²) in [6.45, 7) is 12.5. The van der Waals surface area contributed by atoms with Gasteiger partial charge in [0, 0.05) is 13.7 Å². The molecule has 108 valence electrons. The smallest absolute Gasteiger partial charge is 0.0589 e. The van der Waals surface area contributed by atoms with Gasteiger partial charge in [-0.1, -0.05) is 27.7 Å². The topological polar surface area (TPSA) is 15.7 Å². The Labute approximate surface area is 110 Å². The Morgan fingerprint density at radius 2 is 1.41 bits per heavy atom. The van der Waals surface area contributed by atoms with Gasteiger partial charge in [0.05, 0.1) is 6.61 Å². The van der Waals surface area contributed by atoms with Gasteiger partial charge < -0.3 is 14.5 Å². The molecular formula is C14H36N2O. The fraction of sp³-hybridized carbons (Fsp3) is 1.00. The first-order valence-electron chi connectivity index (χ1n) is 6.99. The minimum absolute atomic E-state index is 0.826. The number of rotatable bonds is 3. The Bertz CT molecular complexity index is 102. The van der Waals surface area contributed by atoms with Gasteiger partial charge >= 0.3 is 0 Å². The van der Waals surface area contributed by atoms with Crippen molar-refractivity contribution in [3.05, 3.63) is 0 Å². The molecule has 1 rings (SSSR count). The molecule has 3 heteroatoms. The second-order valence-corrected chi connectivity index (χ2v) is 3.81. The van der Waals surface area contributed by atoms with E-state index in [1.54, 1.807) is 7.11 Å². The highest BCUT2D eigenvalue weighted by atomic mass is 16.5. The number of hydrogen-bond donors (Lipinski definition) is 0. The molecule has 0 saturated carbocycles. The van der Waals surface area contributed by atoms with Crippen LogP contribution in [0.3, 0.4) is 0 Å². The normalized spacial score (nSPS) is 13.9. The molecule has 0 bridgehead atoms. The van der Waals surface area contributed by atoms with Crippen LogP contribution >= 0.6 is 0 Å². The number of likely N-dealkylation sites (tertiary alicyclic amines) is 1. The second-order valence-electron chi connectivity index (χ2n) is 3.81. The fourth-order valence-electron chi connectivity index (χ4n) is 1.15. The number of methoxy groups -OCH3 is 1. The molecule has 1 heterocycles. The zero-order chi connectivity index (χ0) is 14.1. The maximum Gasteiger partial charge on any atom is 0.0589 e. The Morgan fingerprint density at radius 3 is 1.53 bits per heavy atom. The van der Waals surface area contributed by atoms with E-state index in [-0.39, 0.29) is 0 Å². The van der Waals surface area contributed by atoms with Crippen molar-refractivity contribution in [1.29, 1.82) is 0 Å².